The van der Waals surface area contributed by atoms with Crippen LogP contribution < -0.4 is 5.32 Å². The van der Waals surface area contributed by atoms with Gasteiger partial charge in [-0.25, -0.2) is 0 Å². The summed E-state index contributed by atoms with van der Waals surface area (Å²) in [6.07, 6.45) is 2.16. The zero-order chi connectivity index (χ0) is 12.7. The normalized spacial score (nSPS) is 12.8. The lowest BCUT2D eigenvalue weighted by atomic mass is 10.2. The van der Waals surface area contributed by atoms with E-state index in [1.807, 2.05) is 11.8 Å². The van der Waals surface area contributed by atoms with Gasteiger partial charge in [0.2, 0.25) is 0 Å². The molecule has 1 aromatic carbocycles. The minimum atomic E-state index is 0.642. The SMILES string of the molecule is CSCC(C)N(C)CCNc1ccccc1C. The standard InChI is InChI=1S/C14H24N2S/c1-12-7-5-6-8-14(12)15-9-10-16(3)13(2)11-17-4/h5-8,13,15H,9-11H2,1-4H3. The van der Waals surface area contributed by atoms with Crippen molar-refractivity contribution in [2.45, 2.75) is 19.9 Å². The fourth-order valence-corrected chi connectivity index (χ4v) is 2.46. The predicted octanol–water partition coefficient (Wildman–Crippen LogP) is 3.09. The van der Waals surface area contributed by atoms with Gasteiger partial charge in [-0.2, -0.15) is 11.8 Å². The summed E-state index contributed by atoms with van der Waals surface area (Å²) in [7, 11) is 2.19. The Morgan fingerprint density at radius 1 is 1.35 bits per heavy atom. The molecule has 0 amide bonds. The maximum Gasteiger partial charge on any atom is 0.0370 e. The number of thioether (sulfide) groups is 1. The molecule has 0 aromatic heterocycles. The molecule has 3 heteroatoms. The zero-order valence-corrected chi connectivity index (χ0v) is 12.2. The Morgan fingerprint density at radius 3 is 2.71 bits per heavy atom. The highest BCUT2D eigenvalue weighted by molar-refractivity contribution is 7.98. The Balaban J connectivity index is 2.30. The Morgan fingerprint density at radius 2 is 2.06 bits per heavy atom. The minimum absolute atomic E-state index is 0.642. The van der Waals surface area contributed by atoms with Crippen molar-refractivity contribution in [2.75, 3.05) is 37.5 Å². The molecule has 1 rings (SSSR count). The van der Waals surface area contributed by atoms with Crippen LogP contribution in [0.1, 0.15) is 12.5 Å². The molecule has 1 aromatic rings. The topological polar surface area (TPSA) is 15.3 Å². The molecule has 2 nitrogen and oxygen atoms in total. The molecule has 0 aliphatic heterocycles. The zero-order valence-electron chi connectivity index (χ0n) is 11.4. The third kappa shape index (κ3) is 5.00. The van der Waals surface area contributed by atoms with Gasteiger partial charge in [-0.05, 0) is 38.8 Å². The van der Waals surface area contributed by atoms with Gasteiger partial charge < -0.3 is 10.2 Å². The second-order valence-electron chi connectivity index (χ2n) is 4.53. The molecule has 0 saturated heterocycles. The van der Waals surface area contributed by atoms with E-state index in [1.165, 1.54) is 17.0 Å². The first-order valence-electron chi connectivity index (χ1n) is 6.14. The summed E-state index contributed by atoms with van der Waals surface area (Å²) in [5, 5.41) is 3.49. The van der Waals surface area contributed by atoms with Gasteiger partial charge >= 0.3 is 0 Å². The van der Waals surface area contributed by atoms with Crippen LogP contribution in [0.25, 0.3) is 0 Å². The predicted molar refractivity (Wildman–Crippen MR) is 80.1 cm³/mol. The highest BCUT2D eigenvalue weighted by Gasteiger charge is 2.07. The molecular weight excluding hydrogens is 228 g/mol. The summed E-state index contributed by atoms with van der Waals surface area (Å²) in [6, 6.07) is 9.08. The number of para-hydroxylation sites is 1. The summed E-state index contributed by atoms with van der Waals surface area (Å²) in [5.41, 5.74) is 2.56. The van der Waals surface area contributed by atoms with Crippen LogP contribution in [-0.2, 0) is 0 Å². The molecule has 0 fully saturated rings. The second kappa shape index (κ2) is 7.62. The lowest BCUT2D eigenvalue weighted by Gasteiger charge is -2.24. The Hall–Kier alpha value is -0.670. The van der Waals surface area contributed by atoms with Gasteiger partial charge in [0.1, 0.15) is 0 Å². The van der Waals surface area contributed by atoms with Crippen LogP contribution in [0.4, 0.5) is 5.69 Å². The fraction of sp³-hybridized carbons (Fsp3) is 0.571. The average Bonchev–Trinajstić information content (AvgIpc) is 2.31. The number of benzene rings is 1. The average molecular weight is 252 g/mol. The van der Waals surface area contributed by atoms with Gasteiger partial charge in [0.25, 0.3) is 0 Å². The van der Waals surface area contributed by atoms with E-state index < -0.39 is 0 Å². The number of rotatable bonds is 7. The smallest absolute Gasteiger partial charge is 0.0370 e. The quantitative estimate of drug-likeness (QED) is 0.803. The molecule has 1 N–H and O–H groups in total. The number of hydrogen-bond donors (Lipinski definition) is 1. The first-order chi connectivity index (χ1) is 8.15. The lowest BCUT2D eigenvalue weighted by molar-refractivity contribution is 0.288. The molecule has 0 spiro atoms. The third-order valence-corrected chi connectivity index (χ3v) is 3.90. The van der Waals surface area contributed by atoms with Crippen LogP contribution >= 0.6 is 11.8 Å². The van der Waals surface area contributed by atoms with E-state index in [0.717, 1.165) is 13.1 Å². The number of likely N-dealkylation sites (N-methyl/N-ethyl adjacent to an activating group) is 1. The van der Waals surface area contributed by atoms with Crippen LogP contribution in [0.3, 0.4) is 0 Å². The molecule has 0 saturated carbocycles. The van der Waals surface area contributed by atoms with Crippen molar-refractivity contribution < 1.29 is 0 Å². The summed E-state index contributed by atoms with van der Waals surface area (Å²) < 4.78 is 0. The van der Waals surface area contributed by atoms with Crippen LogP contribution in [-0.4, -0.2) is 43.1 Å². The van der Waals surface area contributed by atoms with Gasteiger partial charge in [-0.15, -0.1) is 0 Å². The molecule has 0 heterocycles. The summed E-state index contributed by atoms with van der Waals surface area (Å²) >= 11 is 1.91. The Kier molecular flexibility index (Phi) is 6.45. The first-order valence-corrected chi connectivity index (χ1v) is 7.53. The van der Waals surface area contributed by atoms with E-state index in [2.05, 4.69) is 61.6 Å². The van der Waals surface area contributed by atoms with Crippen molar-refractivity contribution >= 4 is 17.4 Å². The molecule has 17 heavy (non-hydrogen) atoms. The molecule has 0 aliphatic carbocycles. The number of nitrogens with one attached hydrogen (secondary N) is 1. The Bertz CT molecular complexity index is 328. The highest BCUT2D eigenvalue weighted by Crippen LogP contribution is 2.12. The van der Waals surface area contributed by atoms with E-state index in [4.69, 9.17) is 0 Å². The van der Waals surface area contributed by atoms with Crippen molar-refractivity contribution in [2.24, 2.45) is 0 Å². The van der Waals surface area contributed by atoms with Gasteiger partial charge in [-0.3, -0.25) is 0 Å². The van der Waals surface area contributed by atoms with E-state index in [0.29, 0.717) is 6.04 Å². The molecule has 1 unspecified atom stereocenters. The van der Waals surface area contributed by atoms with E-state index >= 15 is 0 Å². The summed E-state index contributed by atoms with van der Waals surface area (Å²) in [4.78, 5) is 2.40. The number of nitrogens with zero attached hydrogens (tertiary/aromatic N) is 1. The summed E-state index contributed by atoms with van der Waals surface area (Å²) in [5.74, 6) is 1.20. The second-order valence-corrected chi connectivity index (χ2v) is 5.44. The lowest BCUT2D eigenvalue weighted by Crippen LogP contribution is -2.34. The first kappa shape index (κ1) is 14.4. The number of hydrogen-bond acceptors (Lipinski definition) is 3. The van der Waals surface area contributed by atoms with Crippen molar-refractivity contribution in [3.8, 4) is 0 Å². The Labute approximate surface area is 110 Å². The van der Waals surface area contributed by atoms with Crippen LogP contribution in [0.5, 0.6) is 0 Å². The van der Waals surface area contributed by atoms with Crippen LogP contribution in [0, 0.1) is 6.92 Å². The summed E-state index contributed by atoms with van der Waals surface area (Å²) in [6.45, 7) is 6.50. The maximum absolute atomic E-state index is 3.49. The van der Waals surface area contributed by atoms with Crippen LogP contribution in [0.15, 0.2) is 24.3 Å². The van der Waals surface area contributed by atoms with Crippen molar-refractivity contribution in [3.63, 3.8) is 0 Å². The van der Waals surface area contributed by atoms with Gasteiger partial charge in [0.15, 0.2) is 0 Å². The van der Waals surface area contributed by atoms with Gasteiger partial charge in [0, 0.05) is 30.6 Å². The highest BCUT2D eigenvalue weighted by atomic mass is 32.2. The number of aryl methyl sites for hydroxylation is 1. The van der Waals surface area contributed by atoms with Crippen molar-refractivity contribution in [3.05, 3.63) is 29.8 Å². The third-order valence-electron chi connectivity index (χ3n) is 3.09. The largest absolute Gasteiger partial charge is 0.384 e. The van der Waals surface area contributed by atoms with E-state index in [1.54, 1.807) is 0 Å². The van der Waals surface area contributed by atoms with Gasteiger partial charge in [-0.1, -0.05) is 18.2 Å². The van der Waals surface area contributed by atoms with E-state index in [9.17, 15) is 0 Å². The number of anilines is 1. The molecule has 96 valence electrons. The van der Waals surface area contributed by atoms with Crippen molar-refractivity contribution in [1.82, 2.24) is 4.90 Å². The monoisotopic (exact) mass is 252 g/mol. The maximum atomic E-state index is 3.49. The van der Waals surface area contributed by atoms with E-state index in [-0.39, 0.29) is 0 Å². The molecular formula is C14H24N2S. The van der Waals surface area contributed by atoms with Gasteiger partial charge in [0.05, 0.1) is 0 Å². The van der Waals surface area contributed by atoms with Crippen molar-refractivity contribution in [1.29, 1.82) is 0 Å². The minimum Gasteiger partial charge on any atom is -0.384 e. The molecule has 0 radical (unpaired) electrons. The fourth-order valence-electron chi connectivity index (χ4n) is 1.73. The molecule has 0 aliphatic rings. The van der Waals surface area contributed by atoms with Crippen LogP contribution in [0.2, 0.25) is 0 Å². The molecule has 1 atom stereocenters. The molecule has 0 bridgehead atoms.